The Morgan fingerprint density at radius 2 is 1.60 bits per heavy atom. The van der Waals surface area contributed by atoms with Gasteiger partial charge in [0, 0.05) is 15.7 Å². The van der Waals surface area contributed by atoms with Crippen molar-refractivity contribution in [3.8, 4) is 0 Å². The van der Waals surface area contributed by atoms with Gasteiger partial charge < -0.3 is 15.7 Å². The molecule has 4 aliphatic rings. The second kappa shape index (κ2) is 8.52. The third kappa shape index (κ3) is 3.94. The van der Waals surface area contributed by atoms with Crippen molar-refractivity contribution in [1.82, 2.24) is 0 Å². The van der Waals surface area contributed by atoms with Crippen molar-refractivity contribution in [2.24, 2.45) is 17.8 Å². The minimum atomic E-state index is -1.08. The van der Waals surface area contributed by atoms with Crippen LogP contribution in [0.25, 0.3) is 0 Å². The SMILES string of the molecule is O=C(Nc1ccccc1C(=O)O)c1ccc(Nc2ccc(C34CC5CC(CC3C5)C4)cc2Br)cc1. The highest BCUT2D eigenvalue weighted by molar-refractivity contribution is 9.10. The van der Waals surface area contributed by atoms with Crippen molar-refractivity contribution in [3.63, 3.8) is 0 Å². The molecule has 178 valence electrons. The Bertz CT molecular complexity index is 1310. The second-order valence-electron chi connectivity index (χ2n) is 10.4. The van der Waals surface area contributed by atoms with Crippen molar-refractivity contribution in [3.05, 3.63) is 87.9 Å². The van der Waals surface area contributed by atoms with Crippen molar-refractivity contribution in [2.45, 2.75) is 37.5 Å². The van der Waals surface area contributed by atoms with Crippen LogP contribution in [0, 0.1) is 17.8 Å². The Morgan fingerprint density at radius 3 is 2.29 bits per heavy atom. The first kappa shape index (κ1) is 22.4. The number of carboxylic acid groups (broad SMARTS) is 1. The van der Waals surface area contributed by atoms with Crippen molar-refractivity contribution in [2.75, 3.05) is 10.6 Å². The number of carbonyl (C=O) groups excluding carboxylic acids is 1. The van der Waals surface area contributed by atoms with Crippen molar-refractivity contribution < 1.29 is 14.7 Å². The molecule has 6 heteroatoms. The summed E-state index contributed by atoms with van der Waals surface area (Å²) in [6, 6.07) is 20.3. The maximum absolute atomic E-state index is 12.7. The van der Waals surface area contributed by atoms with E-state index in [0.29, 0.717) is 11.0 Å². The Morgan fingerprint density at radius 1 is 0.886 bits per heavy atom. The number of hydrogen-bond acceptors (Lipinski definition) is 3. The van der Waals surface area contributed by atoms with Crippen LogP contribution in [0.5, 0.6) is 0 Å². The minimum Gasteiger partial charge on any atom is -0.478 e. The molecule has 3 aromatic rings. The third-order valence-electron chi connectivity index (χ3n) is 8.37. The highest BCUT2D eigenvalue weighted by Gasteiger charge is 2.58. The van der Waals surface area contributed by atoms with E-state index >= 15 is 0 Å². The van der Waals surface area contributed by atoms with E-state index < -0.39 is 5.97 Å². The van der Waals surface area contributed by atoms with Crippen molar-refractivity contribution in [1.29, 1.82) is 0 Å². The van der Waals surface area contributed by atoms with Gasteiger partial charge in [-0.15, -0.1) is 0 Å². The van der Waals surface area contributed by atoms with Crippen LogP contribution in [0.3, 0.4) is 0 Å². The van der Waals surface area contributed by atoms with Gasteiger partial charge in [0.2, 0.25) is 0 Å². The first-order chi connectivity index (χ1) is 16.9. The maximum Gasteiger partial charge on any atom is 0.337 e. The van der Waals surface area contributed by atoms with Gasteiger partial charge in [0.05, 0.1) is 16.9 Å². The summed E-state index contributed by atoms with van der Waals surface area (Å²) in [5, 5.41) is 15.5. The highest BCUT2D eigenvalue weighted by atomic mass is 79.9. The van der Waals surface area contributed by atoms with Gasteiger partial charge >= 0.3 is 5.97 Å². The normalized spacial score (nSPS) is 26.0. The van der Waals surface area contributed by atoms with Crippen LogP contribution in [0.1, 0.15) is 58.4 Å². The average molecular weight is 531 g/mol. The quantitative estimate of drug-likeness (QED) is 0.314. The van der Waals surface area contributed by atoms with E-state index in [-0.39, 0.29) is 17.2 Å². The highest BCUT2D eigenvalue weighted by Crippen LogP contribution is 2.66. The van der Waals surface area contributed by atoms with Crippen LogP contribution < -0.4 is 10.6 Å². The Kier molecular flexibility index (Phi) is 5.44. The summed E-state index contributed by atoms with van der Waals surface area (Å²) in [5.41, 5.74) is 4.54. The summed E-state index contributed by atoms with van der Waals surface area (Å²) in [7, 11) is 0. The number of benzene rings is 3. The molecule has 35 heavy (non-hydrogen) atoms. The van der Waals surface area contributed by atoms with Gasteiger partial charge in [-0.05, 0) is 125 Å². The second-order valence-corrected chi connectivity index (χ2v) is 11.3. The molecule has 0 aromatic heterocycles. The van der Waals surface area contributed by atoms with Gasteiger partial charge in [-0.2, -0.15) is 0 Å². The lowest BCUT2D eigenvalue weighted by atomic mass is 9.71. The molecule has 0 heterocycles. The molecule has 4 fully saturated rings. The molecule has 5 nitrogen and oxygen atoms in total. The minimum absolute atomic E-state index is 0.0607. The number of anilines is 3. The van der Waals surface area contributed by atoms with Gasteiger partial charge in [-0.1, -0.05) is 18.2 Å². The zero-order chi connectivity index (χ0) is 24.2. The van der Waals surface area contributed by atoms with Crippen LogP contribution >= 0.6 is 15.9 Å². The molecule has 2 atom stereocenters. The molecule has 0 saturated heterocycles. The van der Waals surface area contributed by atoms with Crippen LogP contribution in [0.2, 0.25) is 0 Å². The summed E-state index contributed by atoms with van der Waals surface area (Å²) in [5.74, 6) is 1.29. The number of nitrogens with one attached hydrogen (secondary N) is 2. The van der Waals surface area contributed by atoms with Gasteiger partial charge in [-0.25, -0.2) is 4.79 Å². The lowest BCUT2D eigenvalue weighted by molar-refractivity contribution is 0.0698. The molecule has 7 rings (SSSR count). The Balaban J connectivity index is 1.15. The smallest absolute Gasteiger partial charge is 0.337 e. The average Bonchev–Trinajstić information content (AvgIpc) is 3.25. The molecule has 1 amide bonds. The fourth-order valence-corrected chi connectivity index (χ4v) is 7.51. The molecule has 3 aromatic carbocycles. The van der Waals surface area contributed by atoms with Gasteiger partial charge in [0.25, 0.3) is 5.91 Å². The molecular formula is C29H27BrN2O3. The van der Waals surface area contributed by atoms with Crippen LogP contribution in [-0.4, -0.2) is 17.0 Å². The zero-order valence-electron chi connectivity index (χ0n) is 19.3. The van der Waals surface area contributed by atoms with Crippen LogP contribution in [0.15, 0.2) is 71.2 Å². The fraction of sp³-hybridized carbons (Fsp3) is 0.310. The molecule has 0 radical (unpaired) electrons. The zero-order valence-corrected chi connectivity index (χ0v) is 20.8. The lowest BCUT2D eigenvalue weighted by Crippen LogP contribution is -2.27. The Hall–Kier alpha value is -3.12. The molecule has 4 aliphatic carbocycles. The number of carboxylic acids is 1. The van der Waals surface area contributed by atoms with E-state index in [2.05, 4.69) is 44.8 Å². The summed E-state index contributed by atoms with van der Waals surface area (Å²) in [4.78, 5) is 24.0. The molecule has 2 unspecified atom stereocenters. The van der Waals surface area contributed by atoms with Crippen LogP contribution in [0.4, 0.5) is 17.1 Å². The number of para-hydroxylation sites is 1. The predicted octanol–water partition coefficient (Wildman–Crippen LogP) is 7.22. The monoisotopic (exact) mass is 530 g/mol. The molecule has 0 spiro atoms. The number of aromatic carboxylic acids is 1. The largest absolute Gasteiger partial charge is 0.478 e. The van der Waals surface area contributed by atoms with E-state index in [1.807, 2.05) is 12.1 Å². The summed E-state index contributed by atoms with van der Waals surface area (Å²) >= 11 is 3.79. The topological polar surface area (TPSA) is 78.4 Å². The van der Waals surface area contributed by atoms with E-state index in [9.17, 15) is 14.7 Å². The van der Waals surface area contributed by atoms with E-state index in [1.54, 1.807) is 30.3 Å². The summed E-state index contributed by atoms with van der Waals surface area (Å²) < 4.78 is 1.06. The first-order valence-corrected chi connectivity index (χ1v) is 13.0. The molecule has 4 saturated carbocycles. The first-order valence-electron chi connectivity index (χ1n) is 12.2. The Labute approximate surface area is 213 Å². The third-order valence-corrected chi connectivity index (χ3v) is 9.02. The van der Waals surface area contributed by atoms with Gasteiger partial charge in [0.1, 0.15) is 0 Å². The van der Waals surface area contributed by atoms with E-state index in [0.717, 1.165) is 33.6 Å². The number of hydrogen-bond donors (Lipinski definition) is 3. The van der Waals surface area contributed by atoms with E-state index in [1.165, 1.54) is 43.7 Å². The summed E-state index contributed by atoms with van der Waals surface area (Å²) in [6.45, 7) is 0. The number of carbonyl (C=O) groups is 2. The molecule has 3 N–H and O–H groups in total. The molecule has 4 bridgehead atoms. The van der Waals surface area contributed by atoms with E-state index in [4.69, 9.17) is 0 Å². The number of amides is 1. The number of rotatable bonds is 6. The molecular weight excluding hydrogens is 504 g/mol. The summed E-state index contributed by atoms with van der Waals surface area (Å²) in [6.07, 6.45) is 6.98. The maximum atomic E-state index is 12.7. The predicted molar refractivity (Wildman–Crippen MR) is 140 cm³/mol. The molecule has 0 aliphatic heterocycles. The lowest BCUT2D eigenvalue weighted by Gasteiger charge is -2.34. The fourth-order valence-electron chi connectivity index (χ4n) is 7.03. The number of halogens is 1. The van der Waals surface area contributed by atoms with Crippen molar-refractivity contribution >= 4 is 44.9 Å². The standard InChI is InChI=1S/C29H27BrN2O3/c30-24-14-20(29-15-17-11-18(16-29)13-21(29)12-17)7-10-26(24)31-22-8-5-19(6-9-22)27(33)32-25-4-2-1-3-23(25)28(34)35/h1-10,14,17-18,21,31H,11-13,15-16H2,(H,32,33)(H,34,35). The van der Waals surface area contributed by atoms with Gasteiger partial charge in [0.15, 0.2) is 0 Å². The van der Waals surface area contributed by atoms with Crippen LogP contribution in [-0.2, 0) is 5.41 Å². The van der Waals surface area contributed by atoms with Gasteiger partial charge in [-0.3, -0.25) is 4.79 Å².